The van der Waals surface area contributed by atoms with Crippen molar-refractivity contribution in [3.05, 3.63) is 217 Å². The van der Waals surface area contributed by atoms with Gasteiger partial charge in [-0.2, -0.15) is 0 Å². The van der Waals surface area contributed by atoms with Crippen molar-refractivity contribution in [2.45, 2.75) is 79.7 Å². The molecule has 2 amide bonds. The minimum absolute atomic E-state index is 0.151. The second-order valence-corrected chi connectivity index (χ2v) is 22.9. The van der Waals surface area contributed by atoms with Crippen LogP contribution in [0.25, 0.3) is 0 Å². The van der Waals surface area contributed by atoms with Gasteiger partial charge < -0.3 is 24.6 Å². The zero-order valence-electron chi connectivity index (χ0n) is 43.9. The summed E-state index contributed by atoms with van der Waals surface area (Å²) in [6, 6.07) is 60.4. The Morgan fingerprint density at radius 1 is 0.513 bits per heavy atom. The number of methoxy groups -OCH3 is 2. The first-order valence-corrected chi connectivity index (χ1v) is 29.0. The fourth-order valence-electron chi connectivity index (χ4n) is 10.6. The monoisotopic (exact) mass is 1090 g/mol. The molecule has 7 aromatic carbocycles. The average Bonchev–Trinajstić information content (AvgIpc) is 3.49. The summed E-state index contributed by atoms with van der Waals surface area (Å²) in [6.07, 6.45) is 0.772. The number of rotatable bonds is 19. The van der Waals surface area contributed by atoms with Crippen molar-refractivity contribution in [2.75, 3.05) is 42.5 Å². The first kappa shape index (κ1) is 56.3. The van der Waals surface area contributed by atoms with E-state index in [0.29, 0.717) is 74.7 Å². The summed E-state index contributed by atoms with van der Waals surface area (Å²) in [4.78, 5) is 29.8. The highest BCUT2D eigenvalue weighted by molar-refractivity contribution is 7.93. The molecule has 0 aliphatic carbocycles. The van der Waals surface area contributed by atoms with E-state index >= 15 is 0 Å². The molecule has 2 unspecified atom stereocenters. The Morgan fingerprint density at radius 2 is 0.923 bits per heavy atom. The Morgan fingerprint density at radius 3 is 1.35 bits per heavy atom. The number of amides is 2. The van der Waals surface area contributed by atoms with Gasteiger partial charge in [-0.3, -0.25) is 18.4 Å². The highest BCUT2D eigenvalue weighted by atomic mass is 32.2. The maximum atomic E-state index is 14.9. The second kappa shape index (κ2) is 26.5. The van der Waals surface area contributed by atoms with Crippen molar-refractivity contribution in [1.29, 1.82) is 0 Å². The van der Waals surface area contributed by atoms with Gasteiger partial charge in [0.25, 0.3) is 20.0 Å². The molecule has 78 heavy (non-hydrogen) atoms. The van der Waals surface area contributed by atoms with Crippen molar-refractivity contribution in [2.24, 2.45) is 5.92 Å². The highest BCUT2D eigenvalue weighted by Crippen LogP contribution is 2.40. The van der Waals surface area contributed by atoms with E-state index in [0.717, 1.165) is 24.0 Å². The van der Waals surface area contributed by atoms with E-state index in [-0.39, 0.29) is 28.3 Å². The molecule has 0 radical (unpaired) electrons. The minimum atomic E-state index is -4.10. The molecule has 15 nitrogen and oxygen atoms in total. The molecule has 7 aromatic rings. The van der Waals surface area contributed by atoms with Gasteiger partial charge in [-0.05, 0) is 128 Å². The summed E-state index contributed by atoms with van der Waals surface area (Å²) in [5.74, 6) is 0.764. The van der Waals surface area contributed by atoms with Crippen LogP contribution in [-0.4, -0.2) is 106 Å². The predicted octanol–water partition coefficient (Wildman–Crippen LogP) is 11.3. The number of nitrogens with zero attached hydrogens (tertiary/aromatic N) is 5. The average molecular weight is 1090 g/mol. The largest absolute Gasteiger partial charge is 0.497 e. The third-order valence-electron chi connectivity index (χ3n) is 14.4. The van der Waals surface area contributed by atoms with Crippen LogP contribution in [0.1, 0.15) is 48.8 Å². The molecule has 0 bridgehead atoms. The van der Waals surface area contributed by atoms with Crippen LogP contribution in [-0.2, 0) is 39.6 Å². The summed E-state index contributed by atoms with van der Waals surface area (Å²) in [7, 11) is -4.83. The lowest BCUT2D eigenvalue weighted by Crippen LogP contribution is -2.64. The van der Waals surface area contributed by atoms with Crippen LogP contribution in [0.5, 0.6) is 11.5 Å². The quantitative estimate of drug-likeness (QED) is 0.0787. The van der Waals surface area contributed by atoms with E-state index in [2.05, 4.69) is 41.3 Å². The third-order valence-corrected chi connectivity index (χ3v) is 18.2. The lowest BCUT2D eigenvalue weighted by molar-refractivity contribution is -0.0355. The maximum absolute atomic E-state index is 14.9. The third kappa shape index (κ3) is 13.8. The number of anilines is 2. The molecular formula is C61H67N5O10S2. The van der Waals surface area contributed by atoms with Gasteiger partial charge in [0.1, 0.15) is 11.5 Å². The van der Waals surface area contributed by atoms with E-state index < -0.39 is 44.4 Å². The second-order valence-electron chi connectivity index (χ2n) is 19.3. The molecule has 3 atom stereocenters. The minimum Gasteiger partial charge on any atom is -0.497 e. The molecule has 0 spiro atoms. The Balaban J connectivity index is 0.000000250. The molecule has 2 aliphatic rings. The van der Waals surface area contributed by atoms with Gasteiger partial charge in [0.05, 0.1) is 47.6 Å². The maximum Gasteiger partial charge on any atom is 0.408 e. The predicted molar refractivity (Wildman–Crippen MR) is 303 cm³/mol. The van der Waals surface area contributed by atoms with Crippen molar-refractivity contribution >= 4 is 43.6 Å². The smallest absolute Gasteiger partial charge is 0.408 e. The van der Waals surface area contributed by atoms with Gasteiger partial charge in [0.2, 0.25) is 0 Å². The number of sulfonamides is 2. The summed E-state index contributed by atoms with van der Waals surface area (Å²) < 4.78 is 70.0. The first-order chi connectivity index (χ1) is 37.8. The van der Waals surface area contributed by atoms with Crippen molar-refractivity contribution in [1.82, 2.24) is 14.7 Å². The molecule has 408 valence electrons. The molecule has 9 rings (SSSR count). The molecule has 2 N–H and O–H groups in total. The Bertz CT molecular complexity index is 3170. The van der Waals surface area contributed by atoms with Crippen molar-refractivity contribution in [3.63, 3.8) is 0 Å². The molecule has 2 heterocycles. The first-order valence-electron chi connectivity index (χ1n) is 26.1. The summed E-state index contributed by atoms with van der Waals surface area (Å²) in [5, 5.41) is 19.9. The summed E-state index contributed by atoms with van der Waals surface area (Å²) in [6.45, 7) is 1.77. The summed E-state index contributed by atoms with van der Waals surface area (Å²) in [5.41, 5.74) is 4.41. The van der Waals surface area contributed by atoms with E-state index in [9.17, 15) is 31.5 Å². The zero-order chi connectivity index (χ0) is 55.1. The Labute approximate surface area is 458 Å². The molecule has 2 aliphatic heterocycles. The van der Waals surface area contributed by atoms with Gasteiger partial charge in [0, 0.05) is 44.7 Å². The standard InChI is InChI=1S/C42H45N3O5S.C19H22N2O5S/c1-50-37-25-27-38(28-26-37)51(48,49)45(36-22-12-5-13-23-36)40-29-30-44(42(46)47)41(39(40)24-14-21-33-15-6-2-7-16-33)43(31-34-17-8-3-9-18-34)32-35-19-10-4-11-20-35;1-26-17-7-9-18(10-8-17)27(24,25)21(15-5-3-2-4-6-15)16-11-13-20(14-12-16)19(22)23/h2-13,15-20,22-23,25-28,39-41H,14,21,24,29-32H2,1H3,(H,46,47);2-10,16H,11-14H2,1H3,(H,22,23)/t39?,40?,41-;/m0./s1. The van der Waals surface area contributed by atoms with Crippen LogP contribution >= 0.6 is 0 Å². The number of carbonyl (C=O) groups is 2. The number of aryl methyl sites for hydroxylation is 1. The van der Waals surface area contributed by atoms with Gasteiger partial charge in [-0.1, -0.05) is 127 Å². The number of ether oxygens (including phenoxy) is 2. The molecular weight excluding hydrogens is 1030 g/mol. The van der Waals surface area contributed by atoms with Crippen LogP contribution < -0.4 is 18.1 Å². The lowest BCUT2D eigenvalue weighted by Gasteiger charge is -2.52. The fourth-order valence-corrected chi connectivity index (χ4v) is 14.1. The number of likely N-dealkylation sites (tertiary alicyclic amines) is 2. The fraction of sp³-hybridized carbons (Fsp3) is 0.279. The topological polar surface area (TPSA) is 178 Å². The van der Waals surface area contributed by atoms with E-state index in [1.54, 1.807) is 77.0 Å². The van der Waals surface area contributed by atoms with Crippen LogP contribution in [0, 0.1) is 5.92 Å². The van der Waals surface area contributed by atoms with Gasteiger partial charge in [-0.25, -0.2) is 26.4 Å². The van der Waals surface area contributed by atoms with Gasteiger partial charge >= 0.3 is 12.2 Å². The molecule has 17 heteroatoms. The van der Waals surface area contributed by atoms with Gasteiger partial charge in [-0.15, -0.1) is 0 Å². The SMILES string of the molecule is COc1ccc(S(=O)(=O)N(c2ccccc2)C2CCN(C(=O)O)CC2)cc1.COc1ccc(S(=O)(=O)N(c2ccccc2)C2CCN(C(=O)O)[C@H](N(Cc3ccccc3)Cc3ccccc3)C2CCCc2ccccc2)cc1. The number of piperidine rings is 2. The van der Waals surface area contributed by atoms with Crippen molar-refractivity contribution in [3.8, 4) is 11.5 Å². The van der Waals surface area contributed by atoms with Gasteiger partial charge in [0.15, 0.2) is 0 Å². The molecule has 0 aromatic heterocycles. The number of benzene rings is 7. The van der Waals surface area contributed by atoms with Crippen LogP contribution in [0.4, 0.5) is 21.0 Å². The highest BCUT2D eigenvalue weighted by Gasteiger charge is 2.48. The van der Waals surface area contributed by atoms with Crippen LogP contribution in [0.2, 0.25) is 0 Å². The number of carboxylic acid groups (broad SMARTS) is 2. The summed E-state index contributed by atoms with van der Waals surface area (Å²) >= 11 is 0. The number of para-hydroxylation sites is 2. The number of hydrogen-bond acceptors (Lipinski definition) is 9. The zero-order valence-corrected chi connectivity index (χ0v) is 45.5. The van der Waals surface area contributed by atoms with E-state index in [4.69, 9.17) is 14.6 Å². The molecule has 0 saturated carbocycles. The van der Waals surface area contributed by atoms with E-state index in [1.165, 1.54) is 34.0 Å². The van der Waals surface area contributed by atoms with Crippen molar-refractivity contribution < 1.29 is 46.1 Å². The van der Waals surface area contributed by atoms with E-state index in [1.807, 2.05) is 91.0 Å². The normalized spacial score (nSPS) is 16.8. The lowest BCUT2D eigenvalue weighted by atomic mass is 9.83. The number of hydrogen-bond donors (Lipinski definition) is 2. The molecule has 2 saturated heterocycles. The van der Waals surface area contributed by atoms with Crippen LogP contribution in [0.3, 0.4) is 0 Å². The van der Waals surface area contributed by atoms with Crippen LogP contribution in [0.15, 0.2) is 210 Å². The Kier molecular flexibility index (Phi) is 19.1. The molecule has 2 fully saturated rings. The Hall–Kier alpha value is -7.86.